The Hall–Kier alpha value is -2.65. The fourth-order valence-electron chi connectivity index (χ4n) is 2.29. The zero-order valence-corrected chi connectivity index (χ0v) is 16.9. The van der Waals surface area contributed by atoms with Gasteiger partial charge in [0, 0.05) is 25.7 Å². The van der Waals surface area contributed by atoms with Crippen LogP contribution in [0.15, 0.2) is 18.2 Å². The van der Waals surface area contributed by atoms with Gasteiger partial charge >= 0.3 is 11.9 Å². The molecule has 1 atom stereocenters. The Labute approximate surface area is 168 Å². The summed E-state index contributed by atoms with van der Waals surface area (Å²) in [4.78, 5) is 39.5. The highest BCUT2D eigenvalue weighted by Crippen LogP contribution is 2.27. The minimum Gasteiger partial charge on any atom is -0.478 e. The third-order valence-corrected chi connectivity index (χ3v) is 4.10. The van der Waals surface area contributed by atoms with Crippen LogP contribution in [0.5, 0.6) is 5.88 Å². The predicted molar refractivity (Wildman–Crippen MR) is 103 cm³/mol. The van der Waals surface area contributed by atoms with Crippen molar-refractivity contribution in [3.05, 3.63) is 34.5 Å². The summed E-state index contributed by atoms with van der Waals surface area (Å²) in [6.45, 7) is 3.26. The van der Waals surface area contributed by atoms with E-state index in [1.54, 1.807) is 24.9 Å². The monoisotopic (exact) mass is 413 g/mol. The molecule has 10 heteroatoms. The molecule has 0 radical (unpaired) electrons. The molecule has 28 heavy (non-hydrogen) atoms. The largest absolute Gasteiger partial charge is 0.478 e. The van der Waals surface area contributed by atoms with E-state index < -0.39 is 11.9 Å². The van der Waals surface area contributed by atoms with Crippen molar-refractivity contribution in [2.45, 2.75) is 19.4 Å². The highest BCUT2D eigenvalue weighted by molar-refractivity contribution is 6.31. The van der Waals surface area contributed by atoms with E-state index in [0.29, 0.717) is 40.9 Å². The summed E-state index contributed by atoms with van der Waals surface area (Å²) >= 11 is 6.06. The lowest BCUT2D eigenvalue weighted by molar-refractivity contribution is -0.134. The molecule has 1 amide bonds. The summed E-state index contributed by atoms with van der Waals surface area (Å²) in [7, 11) is 5.81. The van der Waals surface area contributed by atoms with E-state index in [4.69, 9.17) is 26.6 Å². The molecule has 2 N–H and O–H groups in total. The number of hydrogen-bond acceptors (Lipinski definition) is 6. The molecule has 1 aromatic rings. The van der Waals surface area contributed by atoms with Crippen LogP contribution < -0.4 is 4.74 Å². The van der Waals surface area contributed by atoms with E-state index >= 15 is 0 Å². The number of fused-ring (bicyclic) bond motifs is 1. The minimum atomic E-state index is -1.26. The number of carboxylic acids is 2. The first-order valence-corrected chi connectivity index (χ1v) is 8.77. The van der Waals surface area contributed by atoms with Gasteiger partial charge in [0.25, 0.3) is 5.91 Å². The van der Waals surface area contributed by atoms with Crippen LogP contribution in [-0.4, -0.2) is 83.2 Å². The topological polar surface area (TPSA) is 120 Å². The number of hydrogen-bond donors (Lipinski definition) is 2. The third kappa shape index (κ3) is 7.53. The number of carboxylic acid groups (broad SMARTS) is 2. The molecule has 0 saturated carbocycles. The summed E-state index contributed by atoms with van der Waals surface area (Å²) in [5.41, 5.74) is 1.12. The number of aromatic nitrogens is 1. The van der Waals surface area contributed by atoms with Gasteiger partial charge in [-0.05, 0) is 33.5 Å². The van der Waals surface area contributed by atoms with Gasteiger partial charge in [0.05, 0.1) is 17.3 Å². The molecular weight excluding hydrogens is 390 g/mol. The molecule has 0 spiro atoms. The highest BCUT2D eigenvalue weighted by Gasteiger charge is 2.28. The van der Waals surface area contributed by atoms with Crippen molar-refractivity contribution in [1.29, 1.82) is 0 Å². The maximum Gasteiger partial charge on any atom is 0.328 e. The normalized spacial score (nSPS) is 16.1. The van der Waals surface area contributed by atoms with Crippen molar-refractivity contribution in [2.75, 3.05) is 34.2 Å². The number of amides is 1. The maximum atomic E-state index is 12.3. The Balaban J connectivity index is 0.000000416. The zero-order valence-electron chi connectivity index (χ0n) is 16.2. The van der Waals surface area contributed by atoms with Crippen molar-refractivity contribution < 1.29 is 29.3 Å². The fraction of sp³-hybridized carbons (Fsp3) is 0.444. The van der Waals surface area contributed by atoms with Gasteiger partial charge in [-0.3, -0.25) is 4.79 Å². The smallest absolute Gasteiger partial charge is 0.328 e. The van der Waals surface area contributed by atoms with Crippen molar-refractivity contribution >= 4 is 29.4 Å². The maximum absolute atomic E-state index is 12.3. The molecule has 0 fully saturated rings. The molecule has 2 heterocycles. The molecule has 1 unspecified atom stereocenters. The standard InChI is InChI=1S/C14H20ClN3O2.C4H4O4/c1-9-12(15)7-11-13(16-9)20-10(5-6-17(2)3)8-18(4)14(11)19;5-3(6)1-2-4(7)8/h7,10H,5-6,8H2,1-4H3;1-2H,(H,5,6)(H,7,8). The lowest BCUT2D eigenvalue weighted by Gasteiger charge is -2.21. The summed E-state index contributed by atoms with van der Waals surface area (Å²) in [5.74, 6) is -2.22. The van der Waals surface area contributed by atoms with Crippen molar-refractivity contribution in [3.8, 4) is 5.88 Å². The Morgan fingerprint density at radius 3 is 2.43 bits per heavy atom. The summed E-state index contributed by atoms with van der Waals surface area (Å²) in [6, 6.07) is 1.65. The second-order valence-electron chi connectivity index (χ2n) is 6.44. The van der Waals surface area contributed by atoms with E-state index in [2.05, 4.69) is 9.88 Å². The number of rotatable bonds is 5. The molecule has 0 saturated heterocycles. The fourth-order valence-corrected chi connectivity index (χ4v) is 2.44. The van der Waals surface area contributed by atoms with E-state index in [-0.39, 0.29) is 12.0 Å². The Morgan fingerprint density at radius 2 is 1.93 bits per heavy atom. The van der Waals surface area contributed by atoms with E-state index in [0.717, 1.165) is 13.0 Å². The number of carbonyl (C=O) groups excluding carboxylic acids is 1. The van der Waals surface area contributed by atoms with Crippen LogP contribution in [0, 0.1) is 6.92 Å². The van der Waals surface area contributed by atoms with Gasteiger partial charge in [-0.2, -0.15) is 0 Å². The van der Waals surface area contributed by atoms with Crippen molar-refractivity contribution in [3.63, 3.8) is 0 Å². The molecule has 1 aliphatic rings. The second kappa shape index (κ2) is 10.6. The summed E-state index contributed by atoms with van der Waals surface area (Å²) < 4.78 is 5.93. The molecule has 9 nitrogen and oxygen atoms in total. The average molecular weight is 414 g/mol. The lowest BCUT2D eigenvalue weighted by atomic mass is 10.2. The van der Waals surface area contributed by atoms with E-state index in [1.165, 1.54) is 0 Å². The lowest BCUT2D eigenvalue weighted by Crippen LogP contribution is -2.35. The summed E-state index contributed by atoms with van der Waals surface area (Å²) in [5, 5.41) is 16.1. The van der Waals surface area contributed by atoms with Gasteiger partial charge < -0.3 is 24.7 Å². The minimum absolute atomic E-state index is 0.0549. The summed E-state index contributed by atoms with van der Waals surface area (Å²) in [6.07, 6.45) is 1.90. The SMILES string of the molecule is Cc1nc2c(cc1Cl)C(=O)N(C)CC(CCN(C)C)O2.O=C(O)C=CC(=O)O. The number of ether oxygens (including phenoxy) is 1. The Morgan fingerprint density at radius 1 is 1.36 bits per heavy atom. The second-order valence-corrected chi connectivity index (χ2v) is 6.84. The van der Waals surface area contributed by atoms with Gasteiger partial charge in [0.2, 0.25) is 5.88 Å². The Kier molecular flexibility index (Phi) is 8.87. The molecule has 0 bridgehead atoms. The molecule has 154 valence electrons. The number of likely N-dealkylation sites (N-methyl/N-ethyl adjacent to an activating group) is 1. The average Bonchev–Trinajstić information content (AvgIpc) is 2.70. The molecule has 1 aliphatic heterocycles. The Bertz CT molecular complexity index is 750. The van der Waals surface area contributed by atoms with Crippen LogP contribution in [-0.2, 0) is 9.59 Å². The first-order valence-electron chi connectivity index (χ1n) is 8.39. The number of aryl methyl sites for hydroxylation is 1. The quantitative estimate of drug-likeness (QED) is 0.697. The number of aliphatic carboxylic acids is 2. The first kappa shape index (κ1) is 23.4. The van der Waals surface area contributed by atoms with Crippen LogP contribution in [0.25, 0.3) is 0 Å². The van der Waals surface area contributed by atoms with Crippen LogP contribution in [0.4, 0.5) is 0 Å². The molecule has 1 aromatic heterocycles. The molecular formula is C18H24ClN3O6. The van der Waals surface area contributed by atoms with Gasteiger partial charge in [-0.25, -0.2) is 14.6 Å². The molecule has 2 rings (SSSR count). The van der Waals surface area contributed by atoms with Gasteiger partial charge in [-0.1, -0.05) is 11.6 Å². The van der Waals surface area contributed by atoms with Crippen LogP contribution in [0.2, 0.25) is 5.02 Å². The number of nitrogens with zero attached hydrogens (tertiary/aromatic N) is 3. The highest BCUT2D eigenvalue weighted by atomic mass is 35.5. The third-order valence-electron chi connectivity index (χ3n) is 3.72. The van der Waals surface area contributed by atoms with Gasteiger partial charge in [0.1, 0.15) is 11.7 Å². The van der Waals surface area contributed by atoms with E-state index in [1.807, 2.05) is 14.1 Å². The van der Waals surface area contributed by atoms with Crippen molar-refractivity contribution in [2.24, 2.45) is 0 Å². The number of halogens is 1. The first-order chi connectivity index (χ1) is 13.0. The zero-order chi connectivity index (χ0) is 21.4. The predicted octanol–water partition coefficient (Wildman–Crippen LogP) is 1.54. The van der Waals surface area contributed by atoms with Gasteiger partial charge in [-0.15, -0.1) is 0 Å². The number of carbonyl (C=O) groups is 3. The molecule has 0 aliphatic carbocycles. The van der Waals surface area contributed by atoms with Crippen LogP contribution in [0.3, 0.4) is 0 Å². The van der Waals surface area contributed by atoms with Crippen LogP contribution >= 0.6 is 11.6 Å². The number of pyridine rings is 1. The van der Waals surface area contributed by atoms with Crippen molar-refractivity contribution in [1.82, 2.24) is 14.8 Å². The molecule has 0 aromatic carbocycles. The van der Waals surface area contributed by atoms with E-state index in [9.17, 15) is 14.4 Å². The van der Waals surface area contributed by atoms with Crippen LogP contribution in [0.1, 0.15) is 22.5 Å². The van der Waals surface area contributed by atoms with Gasteiger partial charge in [0.15, 0.2) is 0 Å².